The molecule has 122 valence electrons. The second-order valence-corrected chi connectivity index (χ2v) is 8.64. The fraction of sp³-hybridized carbons (Fsp3) is 0.444. The Morgan fingerprint density at radius 3 is 2.30 bits per heavy atom. The average molecular weight is 331 g/mol. The number of sulfonamides is 1. The normalized spacial score (nSPS) is 25.1. The van der Waals surface area contributed by atoms with Crippen LogP contribution in [0.2, 0.25) is 0 Å². The minimum atomic E-state index is -3.26. The molecule has 5 heteroatoms. The van der Waals surface area contributed by atoms with Crippen LogP contribution in [0.4, 0.5) is 0 Å². The zero-order chi connectivity index (χ0) is 16.0. The molecule has 0 saturated carbocycles. The third-order valence-electron chi connectivity index (χ3n) is 5.25. The molecular formula is C18H23N2O2S+. The van der Waals surface area contributed by atoms with E-state index in [-0.39, 0.29) is 12.1 Å². The van der Waals surface area contributed by atoms with Crippen molar-refractivity contribution in [2.45, 2.75) is 31.3 Å². The molecule has 1 heterocycles. The molecule has 4 nitrogen and oxygen atoms in total. The first-order chi connectivity index (χ1) is 11.0. The van der Waals surface area contributed by atoms with E-state index in [1.165, 1.54) is 46.8 Å². The molecule has 0 spiro atoms. The van der Waals surface area contributed by atoms with Crippen LogP contribution in [0.3, 0.4) is 0 Å². The number of quaternary nitrogens is 1. The lowest BCUT2D eigenvalue weighted by molar-refractivity contribution is -0.937. The monoisotopic (exact) mass is 331 g/mol. The molecule has 0 radical (unpaired) electrons. The molecular weight excluding hydrogens is 308 g/mol. The number of hydrogen-bond acceptors (Lipinski definition) is 2. The van der Waals surface area contributed by atoms with Crippen molar-refractivity contribution in [1.29, 1.82) is 0 Å². The average Bonchev–Trinajstić information content (AvgIpc) is 2.83. The van der Waals surface area contributed by atoms with Crippen molar-refractivity contribution in [2.75, 3.05) is 19.3 Å². The van der Waals surface area contributed by atoms with E-state index in [9.17, 15) is 8.42 Å². The molecule has 2 atom stereocenters. The van der Waals surface area contributed by atoms with Gasteiger partial charge < -0.3 is 4.90 Å². The standard InChI is InChI=1S/C18H22N2O2S/c1-23(21,22)19-17-14-9-5-7-13-8-6-10-15(16(13)14)18(17)20-11-3-2-4-12-20/h5-10,17-19H,2-4,11-12H2,1H3/p+1/t17-,18+/m0/s1. The number of hydrogen-bond donors (Lipinski definition) is 2. The van der Waals surface area contributed by atoms with Crippen molar-refractivity contribution in [1.82, 2.24) is 4.72 Å². The van der Waals surface area contributed by atoms with Gasteiger partial charge >= 0.3 is 0 Å². The first-order valence-corrected chi connectivity index (χ1v) is 10.3. The van der Waals surface area contributed by atoms with Gasteiger partial charge in [0.1, 0.15) is 12.1 Å². The van der Waals surface area contributed by atoms with Crippen LogP contribution in [0.1, 0.15) is 42.5 Å². The Balaban J connectivity index is 1.87. The summed E-state index contributed by atoms with van der Waals surface area (Å²) < 4.78 is 26.9. The summed E-state index contributed by atoms with van der Waals surface area (Å²) in [5.74, 6) is 0. The SMILES string of the molecule is CS(=O)(=O)N[C@H]1c2cccc3cccc(c23)[C@H]1[NH+]1CCCCC1. The zero-order valence-corrected chi connectivity index (χ0v) is 14.2. The van der Waals surface area contributed by atoms with Gasteiger partial charge in [0.15, 0.2) is 0 Å². The Labute approximate surface area is 137 Å². The van der Waals surface area contributed by atoms with Crippen molar-refractivity contribution in [3.05, 3.63) is 47.5 Å². The highest BCUT2D eigenvalue weighted by Crippen LogP contribution is 2.42. The summed E-state index contributed by atoms with van der Waals surface area (Å²) in [7, 11) is -3.26. The van der Waals surface area contributed by atoms with Crippen molar-refractivity contribution in [2.24, 2.45) is 0 Å². The van der Waals surface area contributed by atoms with E-state index in [2.05, 4.69) is 35.1 Å². The van der Waals surface area contributed by atoms with Crippen LogP contribution in [-0.4, -0.2) is 27.8 Å². The molecule has 1 aliphatic carbocycles. The Kier molecular flexibility index (Phi) is 3.67. The van der Waals surface area contributed by atoms with Gasteiger partial charge in [0.25, 0.3) is 0 Å². The second-order valence-electron chi connectivity index (χ2n) is 6.86. The highest BCUT2D eigenvalue weighted by atomic mass is 32.2. The smallest absolute Gasteiger partial charge is 0.209 e. The summed E-state index contributed by atoms with van der Waals surface area (Å²) in [4.78, 5) is 1.51. The molecule has 0 aromatic heterocycles. The van der Waals surface area contributed by atoms with Gasteiger partial charge in [-0.25, -0.2) is 13.1 Å². The van der Waals surface area contributed by atoms with Crippen molar-refractivity contribution in [3.8, 4) is 0 Å². The topological polar surface area (TPSA) is 50.6 Å². The maximum atomic E-state index is 12.0. The summed E-state index contributed by atoms with van der Waals surface area (Å²) in [6.07, 6.45) is 5.00. The van der Waals surface area contributed by atoms with Crippen LogP contribution in [0.15, 0.2) is 36.4 Å². The second kappa shape index (κ2) is 5.58. The van der Waals surface area contributed by atoms with Crippen LogP contribution < -0.4 is 9.62 Å². The minimum absolute atomic E-state index is 0.154. The van der Waals surface area contributed by atoms with E-state index in [0.717, 1.165) is 18.7 Å². The molecule has 0 bridgehead atoms. The predicted octanol–water partition coefficient (Wildman–Crippen LogP) is 1.55. The van der Waals surface area contributed by atoms with E-state index in [0.29, 0.717) is 0 Å². The molecule has 1 fully saturated rings. The first-order valence-electron chi connectivity index (χ1n) is 8.38. The van der Waals surface area contributed by atoms with Crippen LogP contribution in [0, 0.1) is 0 Å². The predicted molar refractivity (Wildman–Crippen MR) is 92.0 cm³/mol. The van der Waals surface area contributed by atoms with Gasteiger partial charge in [0.05, 0.1) is 19.3 Å². The fourth-order valence-corrected chi connectivity index (χ4v) is 5.14. The molecule has 0 amide bonds. The van der Waals surface area contributed by atoms with Gasteiger partial charge in [-0.05, 0) is 35.6 Å². The largest absolute Gasteiger partial charge is 0.327 e. The van der Waals surface area contributed by atoms with Crippen LogP contribution in [-0.2, 0) is 10.0 Å². The van der Waals surface area contributed by atoms with E-state index in [1.54, 1.807) is 0 Å². The zero-order valence-electron chi connectivity index (χ0n) is 13.4. The molecule has 2 aromatic carbocycles. The molecule has 23 heavy (non-hydrogen) atoms. The number of likely N-dealkylation sites (tertiary alicyclic amines) is 1. The first kappa shape index (κ1) is 15.1. The Hall–Kier alpha value is -1.43. The van der Waals surface area contributed by atoms with Gasteiger partial charge in [0, 0.05) is 5.56 Å². The molecule has 2 aromatic rings. The van der Waals surface area contributed by atoms with Crippen LogP contribution >= 0.6 is 0 Å². The van der Waals surface area contributed by atoms with Crippen molar-refractivity contribution < 1.29 is 13.3 Å². The lowest BCUT2D eigenvalue weighted by atomic mass is 10.0. The summed E-state index contributed by atoms with van der Waals surface area (Å²) >= 11 is 0. The minimum Gasteiger partial charge on any atom is -0.327 e. The molecule has 1 aliphatic heterocycles. The number of benzene rings is 2. The third-order valence-corrected chi connectivity index (χ3v) is 5.93. The summed E-state index contributed by atoms with van der Waals surface area (Å²) in [5, 5.41) is 2.46. The van der Waals surface area contributed by atoms with Crippen LogP contribution in [0.5, 0.6) is 0 Å². The third kappa shape index (κ3) is 2.67. The Bertz CT molecular complexity index is 836. The van der Waals surface area contributed by atoms with Gasteiger partial charge in [-0.15, -0.1) is 0 Å². The molecule has 2 N–H and O–H groups in total. The Morgan fingerprint density at radius 1 is 1.00 bits per heavy atom. The maximum Gasteiger partial charge on any atom is 0.209 e. The fourth-order valence-electron chi connectivity index (χ4n) is 4.41. The molecule has 1 saturated heterocycles. The van der Waals surface area contributed by atoms with E-state index in [1.807, 2.05) is 6.07 Å². The molecule has 2 aliphatic rings. The maximum absolute atomic E-state index is 12.0. The molecule has 4 rings (SSSR count). The van der Waals surface area contributed by atoms with Crippen molar-refractivity contribution >= 4 is 20.8 Å². The lowest BCUT2D eigenvalue weighted by Crippen LogP contribution is -3.13. The highest BCUT2D eigenvalue weighted by molar-refractivity contribution is 7.88. The van der Waals surface area contributed by atoms with E-state index < -0.39 is 10.0 Å². The van der Waals surface area contributed by atoms with Gasteiger partial charge in [-0.1, -0.05) is 36.4 Å². The van der Waals surface area contributed by atoms with E-state index >= 15 is 0 Å². The summed E-state index contributed by atoms with van der Waals surface area (Å²) in [6.45, 7) is 2.24. The van der Waals surface area contributed by atoms with Crippen LogP contribution in [0.25, 0.3) is 10.8 Å². The van der Waals surface area contributed by atoms with Gasteiger partial charge in [-0.2, -0.15) is 0 Å². The van der Waals surface area contributed by atoms with Gasteiger partial charge in [0.2, 0.25) is 10.0 Å². The number of piperidine rings is 1. The highest BCUT2D eigenvalue weighted by Gasteiger charge is 2.42. The Morgan fingerprint density at radius 2 is 1.65 bits per heavy atom. The summed E-state index contributed by atoms with van der Waals surface area (Å²) in [6, 6.07) is 12.7. The van der Waals surface area contributed by atoms with Crippen molar-refractivity contribution in [3.63, 3.8) is 0 Å². The summed E-state index contributed by atoms with van der Waals surface area (Å²) in [5.41, 5.74) is 2.43. The quantitative estimate of drug-likeness (QED) is 0.897. The number of nitrogens with one attached hydrogen (secondary N) is 2. The van der Waals surface area contributed by atoms with Gasteiger partial charge in [-0.3, -0.25) is 0 Å². The van der Waals surface area contributed by atoms with E-state index in [4.69, 9.17) is 0 Å². The molecule has 0 unspecified atom stereocenters. The lowest BCUT2D eigenvalue weighted by Gasteiger charge is -2.33. The number of rotatable bonds is 3.